The molecule has 3 rings (SSSR count). The molecule has 0 spiro atoms. The maximum Gasteiger partial charge on any atom is 0.221 e. The molecule has 0 radical (unpaired) electrons. The van der Waals surface area contributed by atoms with Crippen molar-refractivity contribution < 1.29 is 14.2 Å². The first-order chi connectivity index (χ1) is 11.7. The summed E-state index contributed by atoms with van der Waals surface area (Å²) >= 11 is 0. The monoisotopic (exact) mass is 330 g/mol. The molecule has 7 heteroatoms. The third-order valence-corrected chi connectivity index (χ3v) is 4.19. The fourth-order valence-electron chi connectivity index (χ4n) is 2.82. The normalized spacial score (nSPS) is 20.6. The Labute approximate surface area is 141 Å². The zero-order valence-corrected chi connectivity index (χ0v) is 13.9. The van der Waals surface area contributed by atoms with Crippen LogP contribution in [0.1, 0.15) is 24.8 Å². The van der Waals surface area contributed by atoms with Gasteiger partial charge in [0.25, 0.3) is 0 Å². The largest absolute Gasteiger partial charge is 0.493 e. The van der Waals surface area contributed by atoms with E-state index in [1.807, 2.05) is 29.4 Å². The van der Waals surface area contributed by atoms with Crippen molar-refractivity contribution in [2.75, 3.05) is 26.9 Å². The molecule has 2 aliphatic heterocycles. The summed E-state index contributed by atoms with van der Waals surface area (Å²) in [7, 11) is 1.64. The molecule has 1 N–H and O–H groups in total. The third-order valence-electron chi connectivity index (χ3n) is 4.19. The summed E-state index contributed by atoms with van der Waals surface area (Å²) in [5.41, 5.74) is 3.98. The number of methoxy groups -OCH3 is 1. The van der Waals surface area contributed by atoms with Gasteiger partial charge >= 0.3 is 0 Å². The average Bonchev–Trinajstić information content (AvgIpc) is 3.26. The molecule has 1 fully saturated rings. The fourth-order valence-corrected chi connectivity index (χ4v) is 2.82. The van der Waals surface area contributed by atoms with Crippen LogP contribution in [0.5, 0.6) is 11.5 Å². The number of ether oxygens (including phenoxy) is 3. The minimum atomic E-state index is 0.0734. The van der Waals surface area contributed by atoms with Gasteiger partial charge in [-0.1, -0.05) is 13.0 Å². The Balaban J connectivity index is 1.72. The Kier molecular flexibility index (Phi) is 4.96. The summed E-state index contributed by atoms with van der Waals surface area (Å²) in [6, 6.07) is 5.98. The number of nitrogens with zero attached hydrogens (tertiary/aromatic N) is 3. The molecular formula is C17H22N4O3. The molecule has 1 aromatic rings. The van der Waals surface area contributed by atoms with E-state index in [1.165, 1.54) is 5.12 Å². The summed E-state index contributed by atoms with van der Waals surface area (Å²) in [6.07, 6.45) is 6.62. The third kappa shape index (κ3) is 3.49. The van der Waals surface area contributed by atoms with Crippen molar-refractivity contribution in [2.45, 2.75) is 25.4 Å². The second-order valence-electron chi connectivity index (χ2n) is 5.89. The van der Waals surface area contributed by atoms with Gasteiger partial charge in [0.05, 0.1) is 20.3 Å². The van der Waals surface area contributed by atoms with E-state index in [0.29, 0.717) is 13.2 Å². The van der Waals surface area contributed by atoms with Crippen molar-refractivity contribution in [3.63, 3.8) is 0 Å². The highest BCUT2D eigenvalue weighted by atomic mass is 16.6. The van der Waals surface area contributed by atoms with E-state index < -0.39 is 0 Å². The molecule has 7 nitrogen and oxygen atoms in total. The van der Waals surface area contributed by atoms with Crippen molar-refractivity contribution in [2.24, 2.45) is 0 Å². The predicted molar refractivity (Wildman–Crippen MR) is 87.7 cm³/mol. The molecule has 128 valence electrons. The Bertz CT molecular complexity index is 637. The van der Waals surface area contributed by atoms with Crippen molar-refractivity contribution in [1.82, 2.24) is 15.6 Å². The van der Waals surface area contributed by atoms with Gasteiger partial charge in [-0.15, -0.1) is 5.12 Å². The first kappa shape index (κ1) is 16.3. The van der Waals surface area contributed by atoms with Gasteiger partial charge in [0.1, 0.15) is 6.10 Å². The lowest BCUT2D eigenvalue weighted by Gasteiger charge is -2.26. The SMILES string of the molecule is COc1ccc(C(C)CN2C=CNN2C#N)cc1OC1CCOC1. The van der Waals surface area contributed by atoms with Crippen molar-refractivity contribution in [1.29, 1.82) is 5.26 Å². The smallest absolute Gasteiger partial charge is 0.221 e. The van der Waals surface area contributed by atoms with Crippen molar-refractivity contribution in [3.05, 3.63) is 36.2 Å². The lowest BCUT2D eigenvalue weighted by molar-refractivity contribution is 0.0697. The van der Waals surface area contributed by atoms with Crippen LogP contribution >= 0.6 is 0 Å². The van der Waals surface area contributed by atoms with Gasteiger partial charge in [0, 0.05) is 31.3 Å². The van der Waals surface area contributed by atoms with Crippen molar-refractivity contribution in [3.8, 4) is 17.7 Å². The van der Waals surface area contributed by atoms with Crippen LogP contribution in [0.2, 0.25) is 0 Å². The maximum atomic E-state index is 9.08. The van der Waals surface area contributed by atoms with Gasteiger partial charge in [-0.25, -0.2) is 0 Å². The lowest BCUT2D eigenvalue weighted by Crippen LogP contribution is -2.39. The molecule has 0 aliphatic carbocycles. The molecule has 0 bridgehead atoms. The van der Waals surface area contributed by atoms with Gasteiger partial charge in [-0.05, 0) is 17.7 Å². The predicted octanol–water partition coefficient (Wildman–Crippen LogP) is 1.96. The molecule has 2 unspecified atom stereocenters. The van der Waals surface area contributed by atoms with E-state index in [4.69, 9.17) is 19.5 Å². The Hall–Kier alpha value is -2.59. The minimum absolute atomic E-state index is 0.0734. The van der Waals surface area contributed by atoms with Crippen LogP contribution in [0.15, 0.2) is 30.6 Å². The van der Waals surface area contributed by atoms with Gasteiger partial charge in [-0.3, -0.25) is 10.4 Å². The van der Waals surface area contributed by atoms with Crippen molar-refractivity contribution >= 4 is 0 Å². The number of nitrogens with one attached hydrogen (secondary N) is 1. The maximum absolute atomic E-state index is 9.08. The van der Waals surface area contributed by atoms with Gasteiger partial charge < -0.3 is 14.2 Å². The first-order valence-electron chi connectivity index (χ1n) is 8.03. The first-order valence-corrected chi connectivity index (χ1v) is 8.03. The fraction of sp³-hybridized carbons (Fsp3) is 0.471. The average molecular weight is 330 g/mol. The molecule has 0 aromatic heterocycles. The van der Waals surface area contributed by atoms with E-state index >= 15 is 0 Å². The zero-order chi connectivity index (χ0) is 16.9. The van der Waals surface area contributed by atoms with Crippen LogP contribution in [-0.2, 0) is 4.74 Å². The molecule has 1 aromatic carbocycles. The number of benzene rings is 1. The van der Waals surface area contributed by atoms with Crippen LogP contribution in [0, 0.1) is 11.5 Å². The topological polar surface area (TPSA) is 70.0 Å². The number of hydrogen-bond acceptors (Lipinski definition) is 7. The Morgan fingerprint density at radius 3 is 3.04 bits per heavy atom. The van der Waals surface area contributed by atoms with Gasteiger partial charge in [-0.2, -0.15) is 5.26 Å². The number of hydrazine groups is 2. The highest BCUT2D eigenvalue weighted by Gasteiger charge is 2.22. The van der Waals surface area contributed by atoms with Crippen LogP contribution in [0.3, 0.4) is 0 Å². The molecule has 0 amide bonds. The van der Waals surface area contributed by atoms with Crippen LogP contribution < -0.4 is 14.9 Å². The summed E-state index contributed by atoms with van der Waals surface area (Å²) < 4.78 is 16.8. The summed E-state index contributed by atoms with van der Waals surface area (Å²) in [4.78, 5) is 0. The number of hydrogen-bond donors (Lipinski definition) is 1. The molecule has 2 heterocycles. The highest BCUT2D eigenvalue weighted by molar-refractivity contribution is 5.44. The van der Waals surface area contributed by atoms with Crippen LogP contribution in [-0.4, -0.2) is 43.1 Å². The van der Waals surface area contributed by atoms with E-state index in [0.717, 1.165) is 30.1 Å². The molecule has 2 aliphatic rings. The molecule has 0 saturated carbocycles. The van der Waals surface area contributed by atoms with E-state index in [2.05, 4.69) is 18.5 Å². The van der Waals surface area contributed by atoms with E-state index in [1.54, 1.807) is 13.3 Å². The summed E-state index contributed by atoms with van der Waals surface area (Å²) in [5, 5.41) is 12.3. The van der Waals surface area contributed by atoms with Crippen LogP contribution in [0.4, 0.5) is 0 Å². The zero-order valence-electron chi connectivity index (χ0n) is 13.9. The molecular weight excluding hydrogens is 308 g/mol. The Morgan fingerprint density at radius 2 is 2.33 bits per heavy atom. The summed E-state index contributed by atoms with van der Waals surface area (Å²) in [5.74, 6) is 1.67. The number of rotatable bonds is 6. The standard InChI is InChI=1S/C17H22N4O3/c1-13(10-20-7-6-19-21(20)12-18)14-3-4-16(22-2)17(9-14)24-15-5-8-23-11-15/h3-4,6-7,9,13,15,19H,5,8,10-11H2,1-2H3. The quantitative estimate of drug-likeness (QED) is 0.800. The Morgan fingerprint density at radius 1 is 1.46 bits per heavy atom. The summed E-state index contributed by atoms with van der Waals surface area (Å²) in [6.45, 7) is 4.15. The van der Waals surface area contributed by atoms with Gasteiger partial charge in [0.2, 0.25) is 6.19 Å². The van der Waals surface area contributed by atoms with Crippen LogP contribution in [0.25, 0.3) is 0 Å². The lowest BCUT2D eigenvalue weighted by atomic mass is 10.0. The number of nitriles is 1. The second-order valence-corrected chi connectivity index (χ2v) is 5.89. The second kappa shape index (κ2) is 7.32. The molecule has 1 saturated heterocycles. The molecule has 24 heavy (non-hydrogen) atoms. The van der Waals surface area contributed by atoms with E-state index in [-0.39, 0.29) is 12.0 Å². The highest BCUT2D eigenvalue weighted by Crippen LogP contribution is 2.33. The van der Waals surface area contributed by atoms with E-state index in [9.17, 15) is 0 Å². The molecule has 2 atom stereocenters. The van der Waals surface area contributed by atoms with Gasteiger partial charge in [0.15, 0.2) is 11.5 Å². The minimum Gasteiger partial charge on any atom is -0.493 e.